The molecule has 0 aromatic carbocycles. The van der Waals surface area contributed by atoms with Crippen molar-refractivity contribution < 1.29 is 28.1 Å². The van der Waals surface area contributed by atoms with E-state index in [1.807, 2.05) is 0 Å². The summed E-state index contributed by atoms with van der Waals surface area (Å²) in [5, 5.41) is 17.6. The molecular formula is C6H9F3O3. The van der Waals surface area contributed by atoms with Crippen molar-refractivity contribution in [3.8, 4) is 0 Å². The topological polar surface area (TPSA) is 49.7 Å². The average Bonchev–Trinajstić information content (AvgIpc) is 1.92. The van der Waals surface area contributed by atoms with Gasteiger partial charge in [-0.1, -0.05) is 0 Å². The number of alkyl halides is 3. The molecule has 1 aliphatic rings. The molecule has 0 bridgehead atoms. The summed E-state index contributed by atoms with van der Waals surface area (Å²) < 4.78 is 40.1. The lowest BCUT2D eigenvalue weighted by molar-refractivity contribution is -0.303. The molecule has 12 heavy (non-hydrogen) atoms. The lowest BCUT2D eigenvalue weighted by Crippen LogP contribution is -2.47. The van der Waals surface area contributed by atoms with Gasteiger partial charge >= 0.3 is 6.18 Å². The van der Waals surface area contributed by atoms with Gasteiger partial charge in [0, 0.05) is 6.42 Å². The monoisotopic (exact) mass is 186 g/mol. The first kappa shape index (κ1) is 9.76. The van der Waals surface area contributed by atoms with E-state index in [2.05, 4.69) is 4.74 Å². The highest BCUT2D eigenvalue weighted by Gasteiger charge is 2.48. The molecule has 0 radical (unpaired) electrons. The molecule has 0 saturated carbocycles. The van der Waals surface area contributed by atoms with Crippen LogP contribution in [-0.2, 0) is 4.74 Å². The lowest BCUT2D eigenvalue weighted by Gasteiger charge is -2.32. The fraction of sp³-hybridized carbons (Fsp3) is 1.00. The Labute approximate surface area is 66.8 Å². The highest BCUT2D eigenvalue weighted by atomic mass is 19.4. The van der Waals surface area contributed by atoms with Crippen molar-refractivity contribution in [1.29, 1.82) is 0 Å². The highest BCUT2D eigenvalue weighted by Crippen LogP contribution is 2.31. The second-order valence-corrected chi connectivity index (χ2v) is 2.70. The quantitative estimate of drug-likeness (QED) is 0.576. The van der Waals surface area contributed by atoms with Crippen LogP contribution in [0.15, 0.2) is 0 Å². The van der Waals surface area contributed by atoms with E-state index in [1.165, 1.54) is 0 Å². The van der Waals surface area contributed by atoms with Crippen LogP contribution in [0.4, 0.5) is 13.2 Å². The molecule has 3 atom stereocenters. The fourth-order valence-electron chi connectivity index (χ4n) is 1.09. The molecular weight excluding hydrogens is 177 g/mol. The first-order valence-corrected chi connectivity index (χ1v) is 3.49. The molecule has 0 aliphatic carbocycles. The van der Waals surface area contributed by atoms with Gasteiger partial charge in [0.25, 0.3) is 0 Å². The van der Waals surface area contributed by atoms with Crippen LogP contribution in [0.25, 0.3) is 0 Å². The number of aliphatic hydroxyl groups excluding tert-OH is 2. The maximum absolute atomic E-state index is 12.0. The number of ether oxygens (including phenoxy) is 1. The third-order valence-electron chi connectivity index (χ3n) is 1.69. The molecule has 1 heterocycles. The van der Waals surface area contributed by atoms with Crippen molar-refractivity contribution in [2.75, 3.05) is 0 Å². The molecule has 3 nitrogen and oxygen atoms in total. The van der Waals surface area contributed by atoms with Crippen molar-refractivity contribution in [1.82, 2.24) is 0 Å². The third kappa shape index (κ3) is 2.09. The van der Waals surface area contributed by atoms with Gasteiger partial charge in [-0.3, -0.25) is 0 Å². The van der Waals surface area contributed by atoms with E-state index >= 15 is 0 Å². The Morgan fingerprint density at radius 1 is 1.17 bits per heavy atom. The van der Waals surface area contributed by atoms with E-state index in [0.717, 1.165) is 0 Å². The van der Waals surface area contributed by atoms with E-state index in [9.17, 15) is 13.2 Å². The largest absolute Gasteiger partial charge is 0.417 e. The predicted octanol–water partition coefficient (Wildman–Crippen LogP) is 0.407. The number of hydrogen-bond acceptors (Lipinski definition) is 3. The van der Waals surface area contributed by atoms with Crippen LogP contribution < -0.4 is 0 Å². The second-order valence-electron chi connectivity index (χ2n) is 2.70. The molecule has 1 saturated heterocycles. The highest BCUT2D eigenvalue weighted by molar-refractivity contribution is 4.80. The van der Waals surface area contributed by atoms with Crippen LogP contribution in [0, 0.1) is 0 Å². The van der Waals surface area contributed by atoms with Gasteiger partial charge in [0.2, 0.25) is 0 Å². The zero-order chi connectivity index (χ0) is 9.35. The van der Waals surface area contributed by atoms with Crippen LogP contribution in [0.5, 0.6) is 0 Å². The Morgan fingerprint density at radius 3 is 2.17 bits per heavy atom. The van der Waals surface area contributed by atoms with Crippen molar-refractivity contribution in [3.63, 3.8) is 0 Å². The molecule has 0 aromatic rings. The minimum Gasteiger partial charge on any atom is -0.390 e. The zero-order valence-electron chi connectivity index (χ0n) is 6.08. The standard InChI is InChI=1S/C6H9F3O3/c7-6(8,9)5-3(10)1-2-4(11)12-5/h3-5,10-11H,1-2H2. The van der Waals surface area contributed by atoms with Crippen molar-refractivity contribution in [3.05, 3.63) is 0 Å². The summed E-state index contributed by atoms with van der Waals surface area (Å²) in [5.41, 5.74) is 0. The van der Waals surface area contributed by atoms with Crippen molar-refractivity contribution in [2.24, 2.45) is 0 Å². The summed E-state index contributed by atoms with van der Waals surface area (Å²) in [7, 11) is 0. The van der Waals surface area contributed by atoms with Gasteiger partial charge in [-0.05, 0) is 6.42 Å². The van der Waals surface area contributed by atoms with Crippen LogP contribution in [0.1, 0.15) is 12.8 Å². The summed E-state index contributed by atoms with van der Waals surface area (Å²) in [5.74, 6) is 0. The lowest BCUT2D eigenvalue weighted by atomic mass is 10.0. The van der Waals surface area contributed by atoms with E-state index < -0.39 is 24.7 Å². The zero-order valence-corrected chi connectivity index (χ0v) is 6.08. The SMILES string of the molecule is OC1CCC(O)C(C(F)(F)F)O1. The minimum atomic E-state index is -4.61. The molecule has 2 N–H and O–H groups in total. The maximum Gasteiger partial charge on any atom is 0.417 e. The fourth-order valence-corrected chi connectivity index (χ4v) is 1.09. The first-order valence-electron chi connectivity index (χ1n) is 3.49. The number of halogens is 3. The summed E-state index contributed by atoms with van der Waals surface area (Å²) >= 11 is 0. The molecule has 0 amide bonds. The molecule has 0 spiro atoms. The van der Waals surface area contributed by atoms with Gasteiger partial charge < -0.3 is 14.9 Å². The van der Waals surface area contributed by atoms with Crippen LogP contribution in [-0.4, -0.2) is 34.9 Å². The Bertz CT molecular complexity index is 159. The molecule has 6 heteroatoms. The number of hydrogen-bond donors (Lipinski definition) is 2. The Morgan fingerprint density at radius 2 is 1.75 bits per heavy atom. The molecule has 3 unspecified atom stereocenters. The minimum absolute atomic E-state index is 0.0355. The van der Waals surface area contributed by atoms with Crippen molar-refractivity contribution >= 4 is 0 Å². The van der Waals surface area contributed by atoms with Gasteiger partial charge in [0.1, 0.15) is 0 Å². The van der Waals surface area contributed by atoms with Gasteiger partial charge in [0.05, 0.1) is 6.10 Å². The van der Waals surface area contributed by atoms with E-state index in [4.69, 9.17) is 10.2 Å². The van der Waals surface area contributed by atoms with Crippen LogP contribution in [0.2, 0.25) is 0 Å². The van der Waals surface area contributed by atoms with Crippen LogP contribution in [0.3, 0.4) is 0 Å². The normalized spacial score (nSPS) is 38.2. The molecule has 1 rings (SSSR count). The van der Waals surface area contributed by atoms with Gasteiger partial charge in [-0.2, -0.15) is 13.2 Å². The Hall–Kier alpha value is -0.330. The summed E-state index contributed by atoms with van der Waals surface area (Å²) in [6.07, 6.45) is -9.89. The third-order valence-corrected chi connectivity index (χ3v) is 1.69. The van der Waals surface area contributed by atoms with Crippen LogP contribution >= 0.6 is 0 Å². The smallest absolute Gasteiger partial charge is 0.390 e. The van der Waals surface area contributed by atoms with E-state index in [-0.39, 0.29) is 12.8 Å². The first-order chi connectivity index (χ1) is 5.41. The number of rotatable bonds is 0. The van der Waals surface area contributed by atoms with E-state index in [0.29, 0.717) is 0 Å². The Balaban J connectivity index is 2.61. The molecule has 1 aliphatic heterocycles. The number of aliphatic hydroxyl groups is 2. The van der Waals surface area contributed by atoms with Gasteiger partial charge in [-0.15, -0.1) is 0 Å². The average molecular weight is 186 g/mol. The van der Waals surface area contributed by atoms with Gasteiger partial charge in [-0.25, -0.2) is 0 Å². The molecule has 72 valence electrons. The van der Waals surface area contributed by atoms with E-state index in [1.54, 1.807) is 0 Å². The second kappa shape index (κ2) is 3.20. The maximum atomic E-state index is 12.0. The van der Waals surface area contributed by atoms with Crippen molar-refractivity contribution in [2.45, 2.75) is 37.5 Å². The van der Waals surface area contributed by atoms with Gasteiger partial charge in [0.15, 0.2) is 12.4 Å². The molecule has 1 fully saturated rings. The summed E-state index contributed by atoms with van der Waals surface area (Å²) in [6.45, 7) is 0. The predicted molar refractivity (Wildman–Crippen MR) is 32.2 cm³/mol. The molecule has 0 aromatic heterocycles. The summed E-state index contributed by atoms with van der Waals surface area (Å²) in [4.78, 5) is 0. The summed E-state index contributed by atoms with van der Waals surface area (Å²) in [6, 6.07) is 0. The Kier molecular flexibility index (Phi) is 2.60.